The van der Waals surface area contributed by atoms with E-state index in [2.05, 4.69) is 14.9 Å². The molecule has 1 aromatic carbocycles. The van der Waals surface area contributed by atoms with E-state index in [1.165, 1.54) is 24.5 Å². The smallest absolute Gasteiger partial charge is 0.250 e. The van der Waals surface area contributed by atoms with E-state index in [0.29, 0.717) is 0 Å². The Hall–Kier alpha value is -2.05. The molecule has 0 radical (unpaired) electrons. The Morgan fingerprint density at radius 2 is 2.12 bits per heavy atom. The fourth-order valence-corrected chi connectivity index (χ4v) is 2.95. The normalized spacial score (nSPS) is 18.6. The molecule has 0 saturated carbocycles. The third-order valence-corrected chi connectivity index (χ3v) is 4.31. The molecule has 0 amide bonds. The molecule has 0 bridgehead atoms. The van der Waals surface area contributed by atoms with Gasteiger partial charge in [-0.15, -0.1) is 0 Å². The Kier molecular flexibility index (Phi) is 5.72. The first-order valence-electron chi connectivity index (χ1n) is 8.31. The van der Waals surface area contributed by atoms with Gasteiger partial charge in [0.1, 0.15) is 5.82 Å². The molecule has 1 aromatic heterocycles. The van der Waals surface area contributed by atoms with Crippen molar-refractivity contribution in [2.75, 3.05) is 26.2 Å². The van der Waals surface area contributed by atoms with Crippen molar-refractivity contribution < 1.29 is 9.13 Å². The number of ether oxygens (including phenoxy) is 1. The van der Waals surface area contributed by atoms with E-state index >= 15 is 0 Å². The molecule has 1 atom stereocenters. The number of nitrogens with one attached hydrogen (secondary N) is 1. The monoisotopic (exact) mass is 331 g/mol. The highest BCUT2D eigenvalue weighted by Crippen LogP contribution is 2.12. The fourth-order valence-electron chi connectivity index (χ4n) is 2.95. The average molecular weight is 331 g/mol. The van der Waals surface area contributed by atoms with Gasteiger partial charge in [-0.2, -0.15) is 0 Å². The number of aromatic amines is 1. The van der Waals surface area contributed by atoms with Crippen molar-refractivity contribution in [3.63, 3.8) is 0 Å². The highest BCUT2D eigenvalue weighted by atomic mass is 19.1. The minimum atomic E-state index is -0.196. The van der Waals surface area contributed by atoms with E-state index in [9.17, 15) is 9.18 Å². The van der Waals surface area contributed by atoms with Crippen molar-refractivity contribution in [3.8, 4) is 0 Å². The average Bonchev–Trinajstić information content (AvgIpc) is 2.60. The Morgan fingerprint density at radius 3 is 2.92 bits per heavy atom. The summed E-state index contributed by atoms with van der Waals surface area (Å²) < 4.78 is 18.8. The summed E-state index contributed by atoms with van der Waals surface area (Å²) in [5.41, 5.74) is 1.82. The number of aryl methyl sites for hydroxylation is 1. The lowest BCUT2D eigenvalue weighted by molar-refractivity contribution is -0.0314. The van der Waals surface area contributed by atoms with Crippen LogP contribution in [0, 0.1) is 5.82 Å². The predicted octanol–water partition coefficient (Wildman–Crippen LogP) is 1.79. The Bertz CT molecular complexity index is 702. The van der Waals surface area contributed by atoms with Crippen molar-refractivity contribution in [2.24, 2.45) is 0 Å². The van der Waals surface area contributed by atoms with Gasteiger partial charge in [-0.05, 0) is 37.0 Å². The predicted molar refractivity (Wildman–Crippen MR) is 89.5 cm³/mol. The van der Waals surface area contributed by atoms with Crippen LogP contribution in [0.15, 0.2) is 41.5 Å². The first-order valence-corrected chi connectivity index (χ1v) is 8.31. The van der Waals surface area contributed by atoms with Crippen molar-refractivity contribution in [2.45, 2.75) is 25.4 Å². The summed E-state index contributed by atoms with van der Waals surface area (Å²) in [5.74, 6) is -0.196. The molecule has 0 aliphatic carbocycles. The van der Waals surface area contributed by atoms with Crippen LogP contribution in [-0.2, 0) is 17.6 Å². The van der Waals surface area contributed by atoms with Gasteiger partial charge in [0.05, 0.1) is 19.0 Å². The molecule has 3 rings (SSSR count). The quantitative estimate of drug-likeness (QED) is 0.877. The number of morpholine rings is 1. The number of benzene rings is 1. The lowest BCUT2D eigenvalue weighted by Crippen LogP contribution is -2.43. The Labute approximate surface area is 140 Å². The van der Waals surface area contributed by atoms with Crippen molar-refractivity contribution in [1.29, 1.82) is 0 Å². The van der Waals surface area contributed by atoms with Gasteiger partial charge in [-0.1, -0.05) is 12.1 Å². The van der Waals surface area contributed by atoms with Crippen LogP contribution in [0.25, 0.3) is 0 Å². The SMILES string of the molecule is O=c1cc(CCC2CN(CCc3ccc(F)cc3)CCO2)nc[nH]1. The number of aromatic nitrogens is 2. The van der Waals surface area contributed by atoms with Crippen LogP contribution in [-0.4, -0.2) is 47.2 Å². The van der Waals surface area contributed by atoms with Gasteiger partial charge in [0, 0.05) is 31.4 Å². The summed E-state index contributed by atoms with van der Waals surface area (Å²) in [6.45, 7) is 3.46. The number of nitrogens with zero attached hydrogens (tertiary/aromatic N) is 2. The van der Waals surface area contributed by atoms with Crippen LogP contribution >= 0.6 is 0 Å². The van der Waals surface area contributed by atoms with E-state index in [-0.39, 0.29) is 17.5 Å². The fraction of sp³-hybridized carbons (Fsp3) is 0.444. The number of H-pyrrole nitrogens is 1. The molecular weight excluding hydrogens is 309 g/mol. The molecule has 2 heterocycles. The lowest BCUT2D eigenvalue weighted by atomic mass is 10.1. The third-order valence-electron chi connectivity index (χ3n) is 4.31. The van der Waals surface area contributed by atoms with Crippen LogP contribution in [0.4, 0.5) is 4.39 Å². The molecule has 24 heavy (non-hydrogen) atoms. The maximum absolute atomic E-state index is 12.9. The number of rotatable bonds is 6. The van der Waals surface area contributed by atoms with Crippen LogP contribution in [0.1, 0.15) is 17.7 Å². The number of hydrogen-bond donors (Lipinski definition) is 1. The summed E-state index contributed by atoms with van der Waals surface area (Å²) >= 11 is 0. The van der Waals surface area contributed by atoms with Crippen molar-refractivity contribution in [1.82, 2.24) is 14.9 Å². The second-order valence-corrected chi connectivity index (χ2v) is 6.11. The molecule has 1 saturated heterocycles. The second kappa shape index (κ2) is 8.17. The number of hydrogen-bond acceptors (Lipinski definition) is 4. The second-order valence-electron chi connectivity index (χ2n) is 6.11. The van der Waals surface area contributed by atoms with Gasteiger partial charge < -0.3 is 9.72 Å². The highest BCUT2D eigenvalue weighted by molar-refractivity contribution is 5.16. The van der Waals surface area contributed by atoms with E-state index in [0.717, 1.165) is 56.8 Å². The summed E-state index contributed by atoms with van der Waals surface area (Å²) in [6.07, 6.45) is 4.09. The van der Waals surface area contributed by atoms with Crippen LogP contribution in [0.3, 0.4) is 0 Å². The van der Waals surface area contributed by atoms with Crippen LogP contribution in [0.2, 0.25) is 0 Å². The van der Waals surface area contributed by atoms with E-state index in [1.54, 1.807) is 0 Å². The Morgan fingerprint density at radius 1 is 1.29 bits per heavy atom. The van der Waals surface area contributed by atoms with Gasteiger partial charge >= 0.3 is 0 Å². The Balaban J connectivity index is 1.45. The molecule has 5 nitrogen and oxygen atoms in total. The molecule has 128 valence electrons. The summed E-state index contributed by atoms with van der Waals surface area (Å²) in [4.78, 5) is 20.3. The number of halogens is 1. The molecule has 1 fully saturated rings. The molecule has 1 unspecified atom stereocenters. The van der Waals surface area contributed by atoms with E-state index < -0.39 is 0 Å². The lowest BCUT2D eigenvalue weighted by Gasteiger charge is -2.33. The molecular formula is C18H22FN3O2. The topological polar surface area (TPSA) is 58.2 Å². The first kappa shape index (κ1) is 16.8. The molecule has 2 aromatic rings. The van der Waals surface area contributed by atoms with Gasteiger partial charge in [-0.25, -0.2) is 9.37 Å². The van der Waals surface area contributed by atoms with Gasteiger partial charge in [0.15, 0.2) is 0 Å². The largest absolute Gasteiger partial charge is 0.376 e. The van der Waals surface area contributed by atoms with E-state index in [4.69, 9.17) is 4.74 Å². The first-order chi connectivity index (χ1) is 11.7. The van der Waals surface area contributed by atoms with Gasteiger partial charge in [0.25, 0.3) is 5.56 Å². The zero-order valence-corrected chi connectivity index (χ0v) is 13.6. The highest BCUT2D eigenvalue weighted by Gasteiger charge is 2.20. The van der Waals surface area contributed by atoms with Gasteiger partial charge in [0.2, 0.25) is 0 Å². The molecule has 1 aliphatic rings. The van der Waals surface area contributed by atoms with Crippen LogP contribution < -0.4 is 5.56 Å². The van der Waals surface area contributed by atoms with Crippen LogP contribution in [0.5, 0.6) is 0 Å². The molecule has 6 heteroatoms. The standard InChI is InChI=1S/C18H22FN3O2/c19-15-3-1-14(2-4-15)7-8-22-9-10-24-17(12-22)6-5-16-11-18(23)21-13-20-16/h1-4,11,13,17H,5-10,12H2,(H,20,21,23). The maximum atomic E-state index is 12.9. The van der Waals surface area contributed by atoms with E-state index in [1.807, 2.05) is 12.1 Å². The summed E-state index contributed by atoms with van der Waals surface area (Å²) in [7, 11) is 0. The maximum Gasteiger partial charge on any atom is 0.250 e. The summed E-state index contributed by atoms with van der Waals surface area (Å²) in [6, 6.07) is 8.23. The minimum absolute atomic E-state index is 0.120. The molecule has 1 aliphatic heterocycles. The summed E-state index contributed by atoms with van der Waals surface area (Å²) in [5, 5.41) is 0. The third kappa shape index (κ3) is 4.97. The zero-order valence-electron chi connectivity index (χ0n) is 13.6. The van der Waals surface area contributed by atoms with Gasteiger partial charge in [-0.3, -0.25) is 9.69 Å². The zero-order chi connectivity index (χ0) is 16.8. The molecule has 0 spiro atoms. The minimum Gasteiger partial charge on any atom is -0.376 e. The molecule has 1 N–H and O–H groups in total. The van der Waals surface area contributed by atoms with Crippen molar-refractivity contribution >= 4 is 0 Å². The van der Waals surface area contributed by atoms with Crippen molar-refractivity contribution in [3.05, 3.63) is 64.1 Å².